The maximum atomic E-state index is 12.0. The zero-order valence-corrected chi connectivity index (χ0v) is 12.1. The second-order valence-corrected chi connectivity index (χ2v) is 5.46. The second kappa shape index (κ2) is 8.04. The molecule has 0 radical (unpaired) electrons. The average Bonchev–Trinajstić information content (AvgIpc) is 2.49. The van der Waals surface area contributed by atoms with Gasteiger partial charge in [0.1, 0.15) is 0 Å². The molecule has 0 aromatic carbocycles. The van der Waals surface area contributed by atoms with Crippen molar-refractivity contribution in [2.45, 2.75) is 51.5 Å². The highest BCUT2D eigenvalue weighted by atomic mass is 16.2. The fourth-order valence-corrected chi connectivity index (χ4v) is 2.64. The standard InChI is InChI=1S/C15H25N3O2/c19-11-7-2-1-6-10-18-15(20)12-14(13-16-18)17-8-4-3-5-9-17/h12-13,19H,1-11H2. The van der Waals surface area contributed by atoms with Gasteiger partial charge in [-0.3, -0.25) is 4.79 Å². The number of rotatable bonds is 7. The van der Waals surface area contributed by atoms with Crippen molar-refractivity contribution < 1.29 is 5.11 Å². The zero-order chi connectivity index (χ0) is 14.2. The Morgan fingerprint density at radius 2 is 1.85 bits per heavy atom. The summed E-state index contributed by atoms with van der Waals surface area (Å²) in [5.74, 6) is 0. The predicted molar refractivity (Wildman–Crippen MR) is 80.1 cm³/mol. The van der Waals surface area contributed by atoms with Crippen LogP contribution in [0.15, 0.2) is 17.1 Å². The Bertz CT molecular complexity index is 453. The molecular weight excluding hydrogens is 254 g/mol. The third-order valence-electron chi connectivity index (χ3n) is 3.85. The van der Waals surface area contributed by atoms with Gasteiger partial charge >= 0.3 is 0 Å². The second-order valence-electron chi connectivity index (χ2n) is 5.46. The lowest BCUT2D eigenvalue weighted by molar-refractivity contribution is 0.282. The lowest BCUT2D eigenvalue weighted by Gasteiger charge is -2.28. The molecule has 2 rings (SSSR count). The zero-order valence-electron chi connectivity index (χ0n) is 12.1. The van der Waals surface area contributed by atoms with E-state index in [1.807, 2.05) is 6.20 Å². The highest BCUT2D eigenvalue weighted by Crippen LogP contribution is 2.16. The third-order valence-corrected chi connectivity index (χ3v) is 3.85. The Kier molecular flexibility index (Phi) is 6.05. The maximum absolute atomic E-state index is 12.0. The summed E-state index contributed by atoms with van der Waals surface area (Å²) < 4.78 is 1.55. The van der Waals surface area contributed by atoms with E-state index < -0.39 is 0 Å². The topological polar surface area (TPSA) is 58.4 Å². The smallest absolute Gasteiger partial charge is 0.268 e. The van der Waals surface area contributed by atoms with Gasteiger partial charge in [0.15, 0.2) is 0 Å². The monoisotopic (exact) mass is 279 g/mol. The summed E-state index contributed by atoms with van der Waals surface area (Å²) in [6.07, 6.45) is 9.34. The van der Waals surface area contributed by atoms with Crippen LogP contribution < -0.4 is 10.5 Å². The predicted octanol–water partition coefficient (Wildman–Crippen LogP) is 1.79. The van der Waals surface area contributed by atoms with Gasteiger partial charge < -0.3 is 10.0 Å². The van der Waals surface area contributed by atoms with Gasteiger partial charge in [-0.2, -0.15) is 5.10 Å². The summed E-state index contributed by atoms with van der Waals surface area (Å²) in [7, 11) is 0. The molecule has 0 atom stereocenters. The first-order chi connectivity index (χ1) is 9.81. The van der Waals surface area contributed by atoms with Crippen LogP contribution in [-0.4, -0.2) is 34.6 Å². The number of anilines is 1. The summed E-state index contributed by atoms with van der Waals surface area (Å²) in [4.78, 5) is 14.3. The molecule has 0 spiro atoms. The van der Waals surface area contributed by atoms with Crippen molar-refractivity contribution in [1.82, 2.24) is 9.78 Å². The Hall–Kier alpha value is -1.36. The fourth-order valence-electron chi connectivity index (χ4n) is 2.64. The molecule has 5 nitrogen and oxygen atoms in total. The molecule has 1 fully saturated rings. The van der Waals surface area contributed by atoms with E-state index >= 15 is 0 Å². The summed E-state index contributed by atoms with van der Waals surface area (Å²) in [6, 6.07) is 1.71. The first-order valence-corrected chi connectivity index (χ1v) is 7.74. The first-order valence-electron chi connectivity index (χ1n) is 7.74. The Labute approximate surface area is 120 Å². The maximum Gasteiger partial charge on any atom is 0.268 e. The first kappa shape index (κ1) is 15.0. The van der Waals surface area contributed by atoms with Crippen molar-refractivity contribution in [2.24, 2.45) is 0 Å². The highest BCUT2D eigenvalue weighted by Gasteiger charge is 2.12. The van der Waals surface area contributed by atoms with Gasteiger partial charge in [-0.25, -0.2) is 4.68 Å². The van der Waals surface area contributed by atoms with Crippen molar-refractivity contribution in [1.29, 1.82) is 0 Å². The number of hydrogen-bond donors (Lipinski definition) is 1. The van der Waals surface area contributed by atoms with Gasteiger partial charge in [0, 0.05) is 32.3 Å². The molecular formula is C15H25N3O2. The molecule has 112 valence electrons. The number of aromatic nitrogens is 2. The van der Waals surface area contributed by atoms with E-state index in [0.29, 0.717) is 6.54 Å². The lowest BCUT2D eigenvalue weighted by atomic mass is 10.1. The van der Waals surface area contributed by atoms with Gasteiger partial charge in [0.25, 0.3) is 5.56 Å². The Balaban J connectivity index is 1.87. The van der Waals surface area contributed by atoms with Gasteiger partial charge in [0.2, 0.25) is 0 Å². The Morgan fingerprint density at radius 3 is 2.55 bits per heavy atom. The molecule has 1 aliphatic rings. The van der Waals surface area contributed by atoms with Crippen LogP contribution in [0.5, 0.6) is 0 Å². The van der Waals surface area contributed by atoms with Crippen molar-refractivity contribution in [2.75, 3.05) is 24.6 Å². The number of aliphatic hydroxyl groups excluding tert-OH is 1. The SMILES string of the molecule is O=c1cc(N2CCCCC2)cnn1CCCCCCO. The minimum Gasteiger partial charge on any atom is -0.396 e. The minimum absolute atomic E-state index is 0.00442. The molecule has 20 heavy (non-hydrogen) atoms. The van der Waals surface area contributed by atoms with Gasteiger partial charge in [0.05, 0.1) is 11.9 Å². The van der Waals surface area contributed by atoms with Gasteiger partial charge in [-0.05, 0) is 32.1 Å². The van der Waals surface area contributed by atoms with Crippen molar-refractivity contribution in [3.63, 3.8) is 0 Å². The quantitative estimate of drug-likeness (QED) is 0.773. The van der Waals surface area contributed by atoms with Crippen LogP contribution in [0.25, 0.3) is 0 Å². The molecule has 1 aromatic rings. The van der Waals surface area contributed by atoms with Crippen LogP contribution in [0.4, 0.5) is 5.69 Å². The number of hydrogen-bond acceptors (Lipinski definition) is 4. The molecule has 1 aliphatic heterocycles. The van der Waals surface area contributed by atoms with Crippen molar-refractivity contribution in [3.8, 4) is 0 Å². The molecule has 2 heterocycles. The fraction of sp³-hybridized carbons (Fsp3) is 0.733. The third kappa shape index (κ3) is 4.34. The highest BCUT2D eigenvalue weighted by molar-refractivity contribution is 5.43. The largest absolute Gasteiger partial charge is 0.396 e. The van der Waals surface area contributed by atoms with Crippen molar-refractivity contribution in [3.05, 3.63) is 22.6 Å². The van der Waals surface area contributed by atoms with Crippen LogP contribution in [0.2, 0.25) is 0 Å². The average molecular weight is 279 g/mol. The van der Waals surface area contributed by atoms with E-state index in [1.165, 1.54) is 19.3 Å². The number of piperidine rings is 1. The molecule has 1 saturated heterocycles. The number of aliphatic hydroxyl groups is 1. The van der Waals surface area contributed by atoms with E-state index in [2.05, 4.69) is 10.00 Å². The number of aryl methyl sites for hydroxylation is 1. The van der Waals surface area contributed by atoms with Crippen LogP contribution >= 0.6 is 0 Å². The molecule has 5 heteroatoms. The van der Waals surface area contributed by atoms with E-state index in [1.54, 1.807) is 10.7 Å². The van der Waals surface area contributed by atoms with Crippen molar-refractivity contribution >= 4 is 5.69 Å². The summed E-state index contributed by atoms with van der Waals surface area (Å²) in [6.45, 7) is 2.99. The van der Waals surface area contributed by atoms with Crippen LogP contribution in [0, 0.1) is 0 Å². The molecule has 1 N–H and O–H groups in total. The summed E-state index contributed by atoms with van der Waals surface area (Å²) >= 11 is 0. The van der Waals surface area contributed by atoms with E-state index in [4.69, 9.17) is 5.11 Å². The molecule has 0 saturated carbocycles. The van der Waals surface area contributed by atoms with E-state index in [0.717, 1.165) is 44.5 Å². The summed E-state index contributed by atoms with van der Waals surface area (Å²) in [5, 5.41) is 13.0. The Morgan fingerprint density at radius 1 is 1.10 bits per heavy atom. The molecule has 0 aliphatic carbocycles. The molecule has 0 unspecified atom stereocenters. The van der Waals surface area contributed by atoms with Gasteiger partial charge in [-0.1, -0.05) is 12.8 Å². The lowest BCUT2D eigenvalue weighted by Crippen LogP contribution is -2.32. The number of nitrogens with zero attached hydrogens (tertiary/aromatic N) is 3. The normalized spacial score (nSPS) is 15.6. The van der Waals surface area contributed by atoms with E-state index in [-0.39, 0.29) is 12.2 Å². The van der Waals surface area contributed by atoms with Gasteiger partial charge in [-0.15, -0.1) is 0 Å². The van der Waals surface area contributed by atoms with E-state index in [9.17, 15) is 4.79 Å². The molecule has 1 aromatic heterocycles. The number of unbranched alkanes of at least 4 members (excludes halogenated alkanes) is 3. The van der Waals surface area contributed by atoms with Crippen LogP contribution in [-0.2, 0) is 6.54 Å². The van der Waals surface area contributed by atoms with Crippen LogP contribution in [0.3, 0.4) is 0 Å². The molecule has 0 bridgehead atoms. The minimum atomic E-state index is -0.00442. The molecule has 0 amide bonds. The van der Waals surface area contributed by atoms with Crippen LogP contribution in [0.1, 0.15) is 44.9 Å². The summed E-state index contributed by atoms with van der Waals surface area (Å²) in [5.41, 5.74) is 0.960.